The number of carbonyl (C=O) groups is 1. The number of carbonyl (C=O) groups excluding carboxylic acids is 1. The van der Waals surface area contributed by atoms with Gasteiger partial charge in [0.15, 0.2) is 0 Å². The smallest absolute Gasteiger partial charge is 0.251 e. The van der Waals surface area contributed by atoms with Crippen LogP contribution in [0.2, 0.25) is 0 Å². The number of amides is 1. The number of nitrogens with zero attached hydrogens (tertiary/aromatic N) is 1. The summed E-state index contributed by atoms with van der Waals surface area (Å²) in [5, 5.41) is 6.25. The second-order valence-electron chi connectivity index (χ2n) is 5.85. The Morgan fingerprint density at radius 3 is 3.00 bits per heavy atom. The van der Waals surface area contributed by atoms with Crippen molar-refractivity contribution in [1.82, 2.24) is 10.3 Å². The summed E-state index contributed by atoms with van der Waals surface area (Å²) in [5.74, 6) is 2.23. The third kappa shape index (κ3) is 4.22. The first kappa shape index (κ1) is 14.8. The maximum atomic E-state index is 12.1. The van der Waals surface area contributed by atoms with Gasteiger partial charge in [0.05, 0.1) is 0 Å². The Labute approximate surface area is 121 Å². The van der Waals surface area contributed by atoms with Crippen LogP contribution in [0.25, 0.3) is 0 Å². The molecule has 4 heteroatoms. The summed E-state index contributed by atoms with van der Waals surface area (Å²) in [6.07, 6.45) is 6.49. The fourth-order valence-electron chi connectivity index (χ4n) is 2.77. The SMILES string of the molecule is CCCNc1cc(C(=O)NCC2CCC(C)C2)ccn1. The van der Waals surface area contributed by atoms with Gasteiger partial charge in [-0.25, -0.2) is 4.98 Å². The van der Waals surface area contributed by atoms with Crippen LogP contribution in [0.15, 0.2) is 18.3 Å². The van der Waals surface area contributed by atoms with Crippen molar-refractivity contribution >= 4 is 11.7 Å². The molecular weight excluding hydrogens is 250 g/mol. The molecule has 1 saturated carbocycles. The van der Waals surface area contributed by atoms with E-state index in [0.29, 0.717) is 11.5 Å². The highest BCUT2D eigenvalue weighted by molar-refractivity contribution is 5.94. The predicted molar refractivity (Wildman–Crippen MR) is 81.9 cm³/mol. The van der Waals surface area contributed by atoms with Crippen molar-refractivity contribution in [3.63, 3.8) is 0 Å². The number of anilines is 1. The lowest BCUT2D eigenvalue weighted by Gasteiger charge is -2.11. The van der Waals surface area contributed by atoms with Gasteiger partial charge in [0.1, 0.15) is 5.82 Å². The van der Waals surface area contributed by atoms with Gasteiger partial charge in [-0.1, -0.05) is 20.3 Å². The summed E-state index contributed by atoms with van der Waals surface area (Å²) < 4.78 is 0. The van der Waals surface area contributed by atoms with E-state index in [1.807, 2.05) is 6.07 Å². The summed E-state index contributed by atoms with van der Waals surface area (Å²) >= 11 is 0. The van der Waals surface area contributed by atoms with E-state index in [2.05, 4.69) is 29.5 Å². The Balaban J connectivity index is 1.85. The van der Waals surface area contributed by atoms with Crippen molar-refractivity contribution in [3.05, 3.63) is 23.9 Å². The van der Waals surface area contributed by atoms with Crippen molar-refractivity contribution < 1.29 is 4.79 Å². The predicted octanol–water partition coefficient (Wildman–Crippen LogP) is 3.07. The van der Waals surface area contributed by atoms with E-state index < -0.39 is 0 Å². The lowest BCUT2D eigenvalue weighted by Crippen LogP contribution is -2.28. The third-order valence-corrected chi connectivity index (χ3v) is 3.93. The first-order valence-corrected chi connectivity index (χ1v) is 7.67. The Hall–Kier alpha value is -1.58. The molecule has 1 fully saturated rings. The number of nitrogens with one attached hydrogen (secondary N) is 2. The van der Waals surface area contributed by atoms with E-state index in [9.17, 15) is 4.79 Å². The zero-order valence-electron chi connectivity index (χ0n) is 12.5. The largest absolute Gasteiger partial charge is 0.370 e. The molecule has 0 aliphatic heterocycles. The minimum atomic E-state index is 0.00602. The molecule has 0 spiro atoms. The average molecular weight is 275 g/mol. The van der Waals surface area contributed by atoms with E-state index in [0.717, 1.165) is 31.2 Å². The van der Waals surface area contributed by atoms with Crippen molar-refractivity contribution in [1.29, 1.82) is 0 Å². The Bertz CT molecular complexity index is 447. The van der Waals surface area contributed by atoms with Crippen LogP contribution in [0.1, 0.15) is 49.9 Å². The molecule has 0 aromatic carbocycles. The third-order valence-electron chi connectivity index (χ3n) is 3.93. The van der Waals surface area contributed by atoms with Crippen LogP contribution in [0.5, 0.6) is 0 Å². The second kappa shape index (κ2) is 7.27. The number of rotatable bonds is 6. The molecule has 2 atom stereocenters. The lowest BCUT2D eigenvalue weighted by molar-refractivity contribution is 0.0947. The maximum Gasteiger partial charge on any atom is 0.251 e. The van der Waals surface area contributed by atoms with E-state index in [4.69, 9.17) is 0 Å². The fraction of sp³-hybridized carbons (Fsp3) is 0.625. The molecule has 1 aliphatic rings. The normalized spacial score (nSPS) is 21.7. The van der Waals surface area contributed by atoms with E-state index in [-0.39, 0.29) is 5.91 Å². The van der Waals surface area contributed by atoms with Crippen LogP contribution >= 0.6 is 0 Å². The number of aromatic nitrogens is 1. The molecule has 1 aromatic rings. The molecular formula is C16H25N3O. The standard InChI is InChI=1S/C16H25N3O/c1-3-7-17-15-10-14(6-8-18-15)16(20)19-11-13-5-4-12(2)9-13/h6,8,10,12-13H,3-5,7,9,11H2,1-2H3,(H,17,18)(H,19,20). The van der Waals surface area contributed by atoms with Gasteiger partial charge in [-0.15, -0.1) is 0 Å². The second-order valence-corrected chi connectivity index (χ2v) is 5.85. The monoisotopic (exact) mass is 275 g/mol. The maximum absolute atomic E-state index is 12.1. The van der Waals surface area contributed by atoms with Gasteiger partial charge in [-0.05, 0) is 43.2 Å². The average Bonchev–Trinajstić information content (AvgIpc) is 2.88. The highest BCUT2D eigenvalue weighted by Crippen LogP contribution is 2.29. The summed E-state index contributed by atoms with van der Waals surface area (Å²) in [7, 11) is 0. The molecule has 1 aromatic heterocycles. The molecule has 110 valence electrons. The molecule has 2 rings (SSSR count). The van der Waals surface area contributed by atoms with Crippen LogP contribution in [0, 0.1) is 11.8 Å². The number of pyridine rings is 1. The Morgan fingerprint density at radius 2 is 2.30 bits per heavy atom. The molecule has 0 radical (unpaired) electrons. The van der Waals surface area contributed by atoms with Gasteiger partial charge in [0.2, 0.25) is 0 Å². The van der Waals surface area contributed by atoms with Crippen molar-refractivity contribution in [2.75, 3.05) is 18.4 Å². The number of hydrogen-bond donors (Lipinski definition) is 2. The lowest BCUT2D eigenvalue weighted by atomic mass is 10.1. The van der Waals surface area contributed by atoms with Crippen molar-refractivity contribution in [2.45, 2.75) is 39.5 Å². The van der Waals surface area contributed by atoms with Crippen molar-refractivity contribution in [2.24, 2.45) is 11.8 Å². The summed E-state index contributed by atoms with van der Waals surface area (Å²) in [4.78, 5) is 16.4. The van der Waals surface area contributed by atoms with Gasteiger partial charge in [0, 0.05) is 24.8 Å². The first-order valence-electron chi connectivity index (χ1n) is 7.67. The van der Waals surface area contributed by atoms with Crippen LogP contribution in [0.4, 0.5) is 5.82 Å². The van der Waals surface area contributed by atoms with Gasteiger partial charge in [-0.3, -0.25) is 4.79 Å². The highest BCUT2D eigenvalue weighted by atomic mass is 16.1. The Kier molecular flexibility index (Phi) is 5.39. The summed E-state index contributed by atoms with van der Waals surface area (Å²) in [6.45, 7) is 6.06. The van der Waals surface area contributed by atoms with Gasteiger partial charge < -0.3 is 10.6 Å². The van der Waals surface area contributed by atoms with E-state index in [1.165, 1.54) is 19.3 Å². The molecule has 4 nitrogen and oxygen atoms in total. The molecule has 2 unspecified atom stereocenters. The molecule has 1 heterocycles. The fourth-order valence-corrected chi connectivity index (χ4v) is 2.77. The van der Waals surface area contributed by atoms with Crippen molar-refractivity contribution in [3.8, 4) is 0 Å². The van der Waals surface area contributed by atoms with Crippen LogP contribution in [-0.4, -0.2) is 24.0 Å². The van der Waals surface area contributed by atoms with Gasteiger partial charge >= 0.3 is 0 Å². The van der Waals surface area contributed by atoms with Crippen LogP contribution < -0.4 is 10.6 Å². The van der Waals surface area contributed by atoms with Crippen LogP contribution in [-0.2, 0) is 0 Å². The summed E-state index contributed by atoms with van der Waals surface area (Å²) in [6, 6.07) is 3.59. The van der Waals surface area contributed by atoms with Gasteiger partial charge in [0.25, 0.3) is 5.91 Å². The minimum Gasteiger partial charge on any atom is -0.370 e. The highest BCUT2D eigenvalue weighted by Gasteiger charge is 2.21. The number of hydrogen-bond acceptors (Lipinski definition) is 3. The molecule has 20 heavy (non-hydrogen) atoms. The molecule has 1 amide bonds. The molecule has 0 bridgehead atoms. The summed E-state index contributed by atoms with van der Waals surface area (Å²) in [5.41, 5.74) is 0.685. The quantitative estimate of drug-likeness (QED) is 0.839. The van der Waals surface area contributed by atoms with E-state index in [1.54, 1.807) is 12.3 Å². The zero-order valence-corrected chi connectivity index (χ0v) is 12.5. The Morgan fingerprint density at radius 1 is 1.45 bits per heavy atom. The van der Waals surface area contributed by atoms with E-state index >= 15 is 0 Å². The topological polar surface area (TPSA) is 54.0 Å². The molecule has 0 saturated heterocycles. The molecule has 1 aliphatic carbocycles. The minimum absolute atomic E-state index is 0.00602. The van der Waals surface area contributed by atoms with Crippen LogP contribution in [0.3, 0.4) is 0 Å². The zero-order chi connectivity index (χ0) is 14.4. The molecule has 2 N–H and O–H groups in total. The first-order chi connectivity index (χ1) is 9.69. The van der Waals surface area contributed by atoms with Gasteiger partial charge in [-0.2, -0.15) is 0 Å².